The van der Waals surface area contributed by atoms with Crippen LogP contribution in [0.25, 0.3) is 11.8 Å². The van der Waals surface area contributed by atoms with E-state index in [1.807, 2.05) is 12.1 Å². The van der Waals surface area contributed by atoms with Crippen LogP contribution in [-0.2, 0) is 16.0 Å². The first-order chi connectivity index (χ1) is 14.9. The minimum atomic E-state index is -0.116. The van der Waals surface area contributed by atoms with E-state index in [4.69, 9.17) is 16.2 Å². The van der Waals surface area contributed by atoms with E-state index < -0.39 is 0 Å². The zero-order valence-corrected chi connectivity index (χ0v) is 18.2. The number of aromatic amines is 1. The third-order valence-corrected chi connectivity index (χ3v) is 6.03. The Morgan fingerprint density at radius 3 is 2.84 bits per heavy atom. The number of hydrogen-bond donors (Lipinski definition) is 4. The molecule has 1 fully saturated rings. The Hall–Kier alpha value is -3.19. The molecule has 6 N–H and O–H groups in total. The molecule has 31 heavy (non-hydrogen) atoms. The zero-order valence-electron chi connectivity index (χ0n) is 18.2. The van der Waals surface area contributed by atoms with E-state index in [0.717, 1.165) is 36.1 Å². The Morgan fingerprint density at radius 2 is 2.16 bits per heavy atom. The Bertz CT molecular complexity index is 979. The summed E-state index contributed by atoms with van der Waals surface area (Å²) >= 11 is 0. The molecule has 3 rings (SSSR count). The first-order valence-electron chi connectivity index (χ1n) is 10.6. The molecule has 2 aromatic rings. The van der Waals surface area contributed by atoms with Gasteiger partial charge in [-0.3, -0.25) is 4.79 Å². The number of phenolic OH excluding ortho intramolecular Hbond substituents is 1. The molecular formula is C24H32N4O3. The molecule has 1 aromatic carbocycles. The van der Waals surface area contributed by atoms with E-state index in [1.54, 1.807) is 30.1 Å². The summed E-state index contributed by atoms with van der Waals surface area (Å²) in [4.78, 5) is 17.2. The predicted octanol–water partition coefficient (Wildman–Crippen LogP) is 3.23. The number of likely N-dealkylation sites (N-methyl/N-ethyl adjacent to an activating group) is 1. The van der Waals surface area contributed by atoms with Crippen LogP contribution in [0.5, 0.6) is 5.75 Å². The number of carbonyl (C=O) groups is 1. The lowest BCUT2D eigenvalue weighted by molar-refractivity contribution is -0.127. The highest BCUT2D eigenvalue weighted by Crippen LogP contribution is 2.36. The molecule has 1 amide bonds. The van der Waals surface area contributed by atoms with Crippen molar-refractivity contribution in [1.82, 2.24) is 9.88 Å². The third-order valence-electron chi connectivity index (χ3n) is 6.03. The molecule has 1 saturated heterocycles. The SMILES string of the molecule is C=CC(=O)N(C)[C@@H]1COCC[C@@H](c2[nH]c(N)c(/C=C(\N)c3ccccc3O)c2CC)C1. The normalized spacial score (nSPS) is 19.6. The maximum absolute atomic E-state index is 12.1. The smallest absolute Gasteiger partial charge is 0.246 e. The molecule has 1 aliphatic rings. The number of anilines is 1. The number of aromatic hydroxyl groups is 1. The van der Waals surface area contributed by atoms with Gasteiger partial charge < -0.3 is 31.2 Å². The van der Waals surface area contributed by atoms with Crippen molar-refractivity contribution in [2.45, 2.75) is 38.1 Å². The number of carbonyl (C=O) groups excluding carboxylic acids is 1. The van der Waals surface area contributed by atoms with Crippen LogP contribution >= 0.6 is 0 Å². The second-order valence-corrected chi connectivity index (χ2v) is 7.92. The number of aromatic nitrogens is 1. The molecule has 0 spiro atoms. The second-order valence-electron chi connectivity index (χ2n) is 7.92. The molecule has 2 atom stereocenters. The van der Waals surface area contributed by atoms with E-state index in [9.17, 15) is 9.90 Å². The summed E-state index contributed by atoms with van der Waals surface area (Å²) in [7, 11) is 1.78. The van der Waals surface area contributed by atoms with Crippen LogP contribution in [0, 0.1) is 0 Å². The van der Waals surface area contributed by atoms with Crippen molar-refractivity contribution in [2.75, 3.05) is 26.0 Å². The summed E-state index contributed by atoms with van der Waals surface area (Å²) in [5, 5.41) is 10.1. The van der Waals surface area contributed by atoms with Gasteiger partial charge in [-0.25, -0.2) is 0 Å². The van der Waals surface area contributed by atoms with Crippen molar-refractivity contribution in [3.63, 3.8) is 0 Å². The van der Waals surface area contributed by atoms with Crippen LogP contribution in [-0.4, -0.2) is 47.2 Å². The maximum atomic E-state index is 12.1. The average molecular weight is 425 g/mol. The molecule has 0 unspecified atom stereocenters. The van der Waals surface area contributed by atoms with Gasteiger partial charge in [-0.15, -0.1) is 0 Å². The fraction of sp³-hybridized carbons (Fsp3) is 0.375. The number of phenols is 1. The first-order valence-corrected chi connectivity index (χ1v) is 10.6. The number of benzene rings is 1. The molecule has 1 aliphatic heterocycles. The number of nitrogen functional groups attached to an aromatic ring is 1. The Kier molecular flexibility index (Phi) is 7.07. The van der Waals surface area contributed by atoms with Crippen LogP contribution in [0.2, 0.25) is 0 Å². The molecule has 2 heterocycles. The van der Waals surface area contributed by atoms with Crippen molar-refractivity contribution in [3.05, 3.63) is 59.3 Å². The van der Waals surface area contributed by atoms with Gasteiger partial charge in [0.1, 0.15) is 11.6 Å². The molecule has 0 aliphatic carbocycles. The van der Waals surface area contributed by atoms with Crippen LogP contribution in [0.3, 0.4) is 0 Å². The minimum Gasteiger partial charge on any atom is -0.507 e. The highest BCUT2D eigenvalue weighted by molar-refractivity contribution is 5.87. The van der Waals surface area contributed by atoms with Gasteiger partial charge in [0, 0.05) is 42.1 Å². The molecule has 0 radical (unpaired) electrons. The van der Waals surface area contributed by atoms with Gasteiger partial charge in [-0.1, -0.05) is 25.6 Å². The molecular weight excluding hydrogens is 392 g/mol. The van der Waals surface area contributed by atoms with Crippen LogP contribution < -0.4 is 11.5 Å². The monoisotopic (exact) mass is 424 g/mol. The standard InChI is InChI=1S/C24H32N4O3/c1-4-17-19(13-20(25)18-8-6-7-9-21(18)29)24(26)27-23(17)15-10-11-31-14-16(12-15)28(3)22(30)5-2/h5-9,13,15-16,27,29H,2,4,10-12,14,25-26H2,1,3H3/b20-13-/t15-,16+/m1/s1. The lowest BCUT2D eigenvalue weighted by atomic mass is 9.90. The summed E-state index contributed by atoms with van der Waals surface area (Å²) in [6.07, 6.45) is 5.52. The Labute approximate surface area is 183 Å². The van der Waals surface area contributed by atoms with E-state index in [-0.39, 0.29) is 23.6 Å². The van der Waals surface area contributed by atoms with E-state index in [1.165, 1.54) is 6.08 Å². The molecule has 7 nitrogen and oxygen atoms in total. The number of nitrogens with two attached hydrogens (primary N) is 2. The Balaban J connectivity index is 1.95. The maximum Gasteiger partial charge on any atom is 0.246 e. The summed E-state index contributed by atoms with van der Waals surface area (Å²) in [5.74, 6) is 0.720. The van der Waals surface area contributed by atoms with Crippen molar-refractivity contribution < 1.29 is 14.6 Å². The summed E-state index contributed by atoms with van der Waals surface area (Å²) in [6.45, 7) is 6.78. The van der Waals surface area contributed by atoms with Gasteiger partial charge in [0.15, 0.2) is 0 Å². The average Bonchev–Trinajstić information content (AvgIpc) is 2.93. The van der Waals surface area contributed by atoms with E-state index in [0.29, 0.717) is 30.3 Å². The fourth-order valence-corrected chi connectivity index (χ4v) is 4.26. The van der Waals surface area contributed by atoms with Gasteiger partial charge in [-0.2, -0.15) is 0 Å². The van der Waals surface area contributed by atoms with Gasteiger partial charge in [-0.05, 0) is 49.1 Å². The summed E-state index contributed by atoms with van der Waals surface area (Å²) in [5.41, 5.74) is 16.7. The van der Waals surface area contributed by atoms with Crippen LogP contribution in [0.15, 0.2) is 36.9 Å². The van der Waals surface area contributed by atoms with Crippen molar-refractivity contribution in [2.24, 2.45) is 5.73 Å². The summed E-state index contributed by atoms with van der Waals surface area (Å²) in [6, 6.07) is 6.92. The number of amides is 1. The first kappa shape index (κ1) is 22.5. The lowest BCUT2D eigenvalue weighted by Gasteiger charge is -2.28. The largest absolute Gasteiger partial charge is 0.507 e. The van der Waals surface area contributed by atoms with Crippen LogP contribution in [0.1, 0.15) is 48.1 Å². The third kappa shape index (κ3) is 4.77. The van der Waals surface area contributed by atoms with Gasteiger partial charge in [0.05, 0.1) is 12.6 Å². The molecule has 166 valence electrons. The number of H-pyrrole nitrogens is 1. The molecule has 0 bridgehead atoms. The molecule has 7 heteroatoms. The van der Waals surface area contributed by atoms with Gasteiger partial charge in [0.25, 0.3) is 0 Å². The molecule has 1 aromatic heterocycles. The lowest BCUT2D eigenvalue weighted by Crippen LogP contribution is -2.39. The van der Waals surface area contributed by atoms with Crippen molar-refractivity contribution in [3.8, 4) is 5.75 Å². The number of nitrogens with zero attached hydrogens (tertiary/aromatic N) is 1. The highest BCUT2D eigenvalue weighted by atomic mass is 16.5. The Morgan fingerprint density at radius 1 is 1.42 bits per heavy atom. The van der Waals surface area contributed by atoms with Crippen molar-refractivity contribution in [1.29, 1.82) is 0 Å². The number of hydrogen-bond acceptors (Lipinski definition) is 5. The predicted molar refractivity (Wildman–Crippen MR) is 124 cm³/mol. The second kappa shape index (κ2) is 9.75. The topological polar surface area (TPSA) is 118 Å². The summed E-state index contributed by atoms with van der Waals surface area (Å²) < 4.78 is 5.79. The van der Waals surface area contributed by atoms with Gasteiger partial charge in [0.2, 0.25) is 5.91 Å². The zero-order chi connectivity index (χ0) is 22.5. The molecule has 0 saturated carbocycles. The number of rotatable bonds is 6. The number of para-hydroxylation sites is 1. The fourth-order valence-electron chi connectivity index (χ4n) is 4.26. The van der Waals surface area contributed by atoms with Crippen molar-refractivity contribution >= 4 is 23.5 Å². The van der Waals surface area contributed by atoms with Gasteiger partial charge >= 0.3 is 0 Å². The van der Waals surface area contributed by atoms with Crippen LogP contribution in [0.4, 0.5) is 5.82 Å². The van der Waals surface area contributed by atoms with E-state index >= 15 is 0 Å². The van der Waals surface area contributed by atoms with E-state index in [2.05, 4.69) is 18.5 Å². The quantitative estimate of drug-likeness (QED) is 0.531. The minimum absolute atomic E-state index is 0.0439. The number of nitrogens with one attached hydrogen (secondary N) is 1. The highest BCUT2D eigenvalue weighted by Gasteiger charge is 2.29. The number of ether oxygens (including phenoxy) is 1.